The molecule has 5 atom stereocenters. The molecular formula is C39H53N9O7. The maximum Gasteiger partial charge on any atom is 0.326 e. The monoisotopic (exact) mass is 759 g/mol. The van der Waals surface area contributed by atoms with Gasteiger partial charge in [0.25, 0.3) is 0 Å². The lowest BCUT2D eigenvalue weighted by Gasteiger charge is -2.27. The number of nitrogens with two attached hydrogens (primary N) is 4. The van der Waals surface area contributed by atoms with Gasteiger partial charge in [0, 0.05) is 25.8 Å². The highest BCUT2D eigenvalue weighted by Gasteiger charge is 2.32. The number of phenolic OH excluding ortho intramolecular Hbond substituents is 1. The molecule has 3 aromatic carbocycles. The summed E-state index contributed by atoms with van der Waals surface area (Å²) in [5.41, 5.74) is 24.6. The highest BCUT2D eigenvalue weighted by atomic mass is 16.4. The number of hydrogen-bond donors (Lipinski definition) is 10. The van der Waals surface area contributed by atoms with E-state index >= 15 is 0 Å². The lowest BCUT2D eigenvalue weighted by Crippen LogP contribution is -2.59. The van der Waals surface area contributed by atoms with Crippen molar-refractivity contribution in [2.45, 2.75) is 81.6 Å². The zero-order valence-electron chi connectivity index (χ0n) is 30.7. The Morgan fingerprint density at radius 3 is 1.55 bits per heavy atom. The molecule has 55 heavy (non-hydrogen) atoms. The summed E-state index contributed by atoms with van der Waals surface area (Å²) >= 11 is 0. The lowest BCUT2D eigenvalue weighted by atomic mass is 10.0. The number of nitrogens with zero attached hydrogens (tertiary/aromatic N) is 1. The van der Waals surface area contributed by atoms with Crippen LogP contribution in [-0.2, 0) is 43.2 Å². The number of guanidine groups is 1. The Morgan fingerprint density at radius 1 is 0.582 bits per heavy atom. The summed E-state index contributed by atoms with van der Waals surface area (Å²) in [7, 11) is 0. The minimum atomic E-state index is -1.35. The summed E-state index contributed by atoms with van der Waals surface area (Å²) in [4.78, 5) is 71.0. The summed E-state index contributed by atoms with van der Waals surface area (Å²) in [5.74, 6) is -4.03. The predicted octanol–water partition coefficient (Wildman–Crippen LogP) is -0.0462. The zero-order valence-corrected chi connectivity index (χ0v) is 30.7. The van der Waals surface area contributed by atoms with Crippen LogP contribution in [0.3, 0.4) is 0 Å². The van der Waals surface area contributed by atoms with Gasteiger partial charge in [0.1, 0.15) is 29.9 Å². The Hall–Kier alpha value is -6.00. The number of hydrogen-bond acceptors (Lipinski definition) is 9. The number of unbranched alkanes of at least 4 members (excludes halogenated alkanes) is 1. The van der Waals surface area contributed by atoms with E-state index in [9.17, 15) is 34.2 Å². The number of nitrogens with one attached hydrogen (secondary N) is 4. The molecule has 0 spiro atoms. The second-order valence-corrected chi connectivity index (χ2v) is 13.2. The van der Waals surface area contributed by atoms with Crippen LogP contribution in [0.1, 0.15) is 48.8 Å². The van der Waals surface area contributed by atoms with E-state index in [1.54, 1.807) is 66.7 Å². The second kappa shape index (κ2) is 22.9. The van der Waals surface area contributed by atoms with Gasteiger partial charge >= 0.3 is 5.97 Å². The van der Waals surface area contributed by atoms with E-state index in [4.69, 9.17) is 22.9 Å². The van der Waals surface area contributed by atoms with Crippen molar-refractivity contribution >= 4 is 35.6 Å². The van der Waals surface area contributed by atoms with Gasteiger partial charge in [-0.15, -0.1) is 0 Å². The fourth-order valence-corrected chi connectivity index (χ4v) is 5.69. The predicted molar refractivity (Wildman–Crippen MR) is 208 cm³/mol. The lowest BCUT2D eigenvalue weighted by molar-refractivity contribution is -0.142. The Bertz CT molecular complexity index is 1710. The van der Waals surface area contributed by atoms with Gasteiger partial charge in [0.2, 0.25) is 23.6 Å². The first kappa shape index (κ1) is 43.4. The number of amides is 4. The molecule has 14 N–H and O–H groups in total. The van der Waals surface area contributed by atoms with Gasteiger partial charge in [-0.25, -0.2) is 4.79 Å². The van der Waals surface area contributed by atoms with E-state index in [0.29, 0.717) is 36.9 Å². The number of benzene rings is 3. The Kier molecular flexibility index (Phi) is 18.1. The highest BCUT2D eigenvalue weighted by molar-refractivity contribution is 5.95. The van der Waals surface area contributed by atoms with E-state index in [-0.39, 0.29) is 50.4 Å². The minimum absolute atomic E-state index is 0.00624. The zero-order chi connectivity index (χ0) is 40.2. The topological polar surface area (TPSA) is 290 Å². The standard InChI is InChI=1S/C39H53N9O7/c40-20-8-7-15-30(45-36(52)31(22-25-10-3-1-4-11-25)46-34(50)29(41)14-9-21-44-39(42)43)35(51)47-32(23-26-12-5-2-6-13-26)37(53)48-33(38(54)55)24-27-16-18-28(49)19-17-27/h1-6,10-13,16-19,29-33,49H,7-9,14-15,20-24,40-41H2,(H,45,52)(H,46,50)(H,47,51)(H,48,53)(H,54,55)(H4,42,43,44)/t29-,30-,31-,32-,33-/m0/s1. The van der Waals surface area contributed by atoms with Crippen molar-refractivity contribution in [3.05, 3.63) is 102 Å². The van der Waals surface area contributed by atoms with Crippen LogP contribution in [0.15, 0.2) is 89.9 Å². The van der Waals surface area contributed by atoms with Crippen LogP contribution >= 0.6 is 0 Å². The smallest absolute Gasteiger partial charge is 0.326 e. The number of carbonyl (C=O) groups excluding carboxylic acids is 4. The van der Waals surface area contributed by atoms with Crippen LogP contribution in [0.4, 0.5) is 0 Å². The van der Waals surface area contributed by atoms with Gasteiger partial charge in [0.15, 0.2) is 5.96 Å². The molecule has 0 aromatic heterocycles. The number of carbonyl (C=O) groups is 5. The van der Waals surface area contributed by atoms with E-state index in [1.807, 2.05) is 6.07 Å². The molecule has 0 saturated heterocycles. The number of rotatable bonds is 23. The molecule has 0 aliphatic rings. The Morgan fingerprint density at radius 2 is 1.04 bits per heavy atom. The van der Waals surface area contributed by atoms with Crippen molar-refractivity contribution in [1.29, 1.82) is 0 Å². The summed E-state index contributed by atoms with van der Waals surface area (Å²) in [6, 6.07) is 17.9. The highest BCUT2D eigenvalue weighted by Crippen LogP contribution is 2.13. The largest absolute Gasteiger partial charge is 0.508 e. The normalized spacial score (nSPS) is 13.6. The van der Waals surface area contributed by atoms with Crippen LogP contribution in [-0.4, -0.2) is 89.1 Å². The molecule has 0 radical (unpaired) electrons. The maximum atomic E-state index is 14.0. The number of aliphatic carboxylic acids is 1. The third-order valence-corrected chi connectivity index (χ3v) is 8.71. The van der Waals surface area contributed by atoms with Crippen LogP contribution in [0.25, 0.3) is 0 Å². The van der Waals surface area contributed by atoms with Gasteiger partial charge in [-0.05, 0) is 67.5 Å². The molecular weight excluding hydrogens is 706 g/mol. The van der Waals surface area contributed by atoms with Gasteiger partial charge < -0.3 is 54.4 Å². The molecule has 4 amide bonds. The summed E-state index contributed by atoms with van der Waals surface area (Å²) in [5, 5.41) is 30.4. The van der Waals surface area contributed by atoms with Crippen molar-refractivity contribution in [3.63, 3.8) is 0 Å². The Balaban J connectivity index is 1.83. The maximum absolute atomic E-state index is 14.0. The van der Waals surface area contributed by atoms with Crippen LogP contribution in [0.5, 0.6) is 5.75 Å². The number of aromatic hydroxyl groups is 1. The summed E-state index contributed by atoms with van der Waals surface area (Å²) in [6.07, 6.45) is 1.84. The molecule has 0 bridgehead atoms. The van der Waals surface area contributed by atoms with Crippen molar-refractivity contribution in [2.24, 2.45) is 27.9 Å². The number of carboxylic acids is 1. The van der Waals surface area contributed by atoms with Crippen molar-refractivity contribution in [3.8, 4) is 5.75 Å². The SMILES string of the molecule is NCCCC[C@H](NC(=O)[C@H](Cc1ccccc1)NC(=O)[C@@H](N)CCCN=C(N)N)C(=O)N[C@@H](Cc1ccccc1)C(=O)N[C@@H](Cc1ccc(O)cc1)C(=O)O. The van der Waals surface area contributed by atoms with Crippen molar-refractivity contribution < 1.29 is 34.2 Å². The molecule has 0 unspecified atom stereocenters. The molecule has 3 rings (SSSR count). The number of phenols is 1. The summed E-state index contributed by atoms with van der Waals surface area (Å²) in [6.45, 7) is 0.613. The van der Waals surface area contributed by atoms with E-state index < -0.39 is 59.8 Å². The Labute approximate surface area is 320 Å². The fraction of sp³-hybridized carbons (Fsp3) is 0.385. The molecule has 0 heterocycles. The average Bonchev–Trinajstić information content (AvgIpc) is 3.16. The summed E-state index contributed by atoms with van der Waals surface area (Å²) < 4.78 is 0. The third kappa shape index (κ3) is 15.9. The quantitative estimate of drug-likeness (QED) is 0.0348. The van der Waals surface area contributed by atoms with Gasteiger partial charge in [-0.2, -0.15) is 0 Å². The third-order valence-electron chi connectivity index (χ3n) is 8.71. The molecule has 3 aromatic rings. The number of aliphatic imine (C=N–C) groups is 1. The molecule has 0 aliphatic carbocycles. The molecule has 0 aliphatic heterocycles. The van der Waals surface area contributed by atoms with Crippen LogP contribution < -0.4 is 44.2 Å². The molecule has 296 valence electrons. The van der Waals surface area contributed by atoms with E-state index in [2.05, 4.69) is 26.3 Å². The second-order valence-electron chi connectivity index (χ2n) is 13.2. The first-order valence-electron chi connectivity index (χ1n) is 18.2. The number of carboxylic acid groups (broad SMARTS) is 1. The van der Waals surface area contributed by atoms with Gasteiger partial charge in [-0.3, -0.25) is 24.2 Å². The first-order chi connectivity index (χ1) is 26.4. The van der Waals surface area contributed by atoms with Crippen LogP contribution in [0, 0.1) is 0 Å². The van der Waals surface area contributed by atoms with Crippen LogP contribution in [0.2, 0.25) is 0 Å². The van der Waals surface area contributed by atoms with E-state index in [0.717, 1.165) is 5.56 Å². The van der Waals surface area contributed by atoms with Crippen molar-refractivity contribution in [2.75, 3.05) is 13.1 Å². The molecule has 0 fully saturated rings. The molecule has 16 heteroatoms. The van der Waals surface area contributed by atoms with Gasteiger partial charge in [-0.1, -0.05) is 72.8 Å². The average molecular weight is 760 g/mol. The fourth-order valence-electron chi connectivity index (χ4n) is 5.69. The first-order valence-corrected chi connectivity index (χ1v) is 18.2. The van der Waals surface area contributed by atoms with Crippen molar-refractivity contribution in [1.82, 2.24) is 21.3 Å². The van der Waals surface area contributed by atoms with E-state index in [1.165, 1.54) is 12.1 Å². The molecule has 0 saturated carbocycles. The minimum Gasteiger partial charge on any atom is -0.508 e. The van der Waals surface area contributed by atoms with Gasteiger partial charge in [0.05, 0.1) is 6.04 Å². The molecule has 16 nitrogen and oxygen atoms in total.